The molecule has 0 spiro atoms. The Morgan fingerprint density at radius 1 is 1.12 bits per heavy atom. The summed E-state index contributed by atoms with van der Waals surface area (Å²) in [4.78, 5) is 10.6. The second-order valence-electron chi connectivity index (χ2n) is 3.92. The molecule has 0 radical (unpaired) electrons. The lowest BCUT2D eigenvalue weighted by atomic mass is 10.1. The molecule has 0 bridgehead atoms. The lowest BCUT2D eigenvalue weighted by molar-refractivity contribution is -0.104. The van der Waals surface area contributed by atoms with E-state index < -0.39 is 0 Å². The Morgan fingerprint density at radius 3 is 2.50 bits per heavy atom. The maximum atomic E-state index is 10.6. The van der Waals surface area contributed by atoms with E-state index in [1.165, 1.54) is 32.1 Å². The minimum Gasteiger partial charge on any atom is -0.298 e. The summed E-state index contributed by atoms with van der Waals surface area (Å²) in [5.74, 6) is 0. The molecule has 0 aromatic rings. The van der Waals surface area contributed by atoms with Crippen molar-refractivity contribution in [3.05, 3.63) is 36.0 Å². The smallest absolute Gasteiger partial charge is 0.150 e. The van der Waals surface area contributed by atoms with Crippen LogP contribution in [0.15, 0.2) is 36.0 Å². The fraction of sp³-hybridized carbons (Fsp3) is 0.533. The zero-order valence-corrected chi connectivity index (χ0v) is 10.6. The van der Waals surface area contributed by atoms with Crippen molar-refractivity contribution in [3.63, 3.8) is 0 Å². The first kappa shape index (κ1) is 14.9. The molecule has 90 valence electrons. The molecule has 1 nitrogen and oxygen atoms in total. The molecule has 0 heterocycles. The van der Waals surface area contributed by atoms with Gasteiger partial charge in [0.05, 0.1) is 0 Å². The summed E-state index contributed by atoms with van der Waals surface area (Å²) in [6.45, 7) is 4.14. The predicted molar refractivity (Wildman–Crippen MR) is 71.5 cm³/mol. The van der Waals surface area contributed by atoms with Crippen LogP contribution in [0.3, 0.4) is 0 Å². The van der Waals surface area contributed by atoms with Gasteiger partial charge >= 0.3 is 0 Å². The third-order valence-corrected chi connectivity index (χ3v) is 2.39. The van der Waals surface area contributed by atoms with Crippen LogP contribution < -0.4 is 0 Å². The third-order valence-electron chi connectivity index (χ3n) is 2.39. The van der Waals surface area contributed by atoms with Crippen LogP contribution in [0.1, 0.15) is 52.4 Å². The van der Waals surface area contributed by atoms with Gasteiger partial charge in [0, 0.05) is 5.57 Å². The number of hydrogen-bond acceptors (Lipinski definition) is 1. The Balaban J connectivity index is 3.63. The summed E-state index contributed by atoms with van der Waals surface area (Å²) in [6, 6.07) is 0. The van der Waals surface area contributed by atoms with Crippen LogP contribution in [-0.2, 0) is 4.79 Å². The van der Waals surface area contributed by atoms with Crippen molar-refractivity contribution in [2.75, 3.05) is 0 Å². The SMILES string of the molecule is CC=CC(C=O)=CC=CCCCCCCC. The molecule has 0 atom stereocenters. The van der Waals surface area contributed by atoms with E-state index in [4.69, 9.17) is 0 Å². The van der Waals surface area contributed by atoms with Crippen LogP contribution in [0.25, 0.3) is 0 Å². The number of allylic oxidation sites excluding steroid dienone is 6. The maximum absolute atomic E-state index is 10.6. The molecular formula is C15H24O. The van der Waals surface area contributed by atoms with E-state index >= 15 is 0 Å². The third kappa shape index (κ3) is 9.45. The fourth-order valence-corrected chi connectivity index (χ4v) is 1.47. The number of hydrogen-bond donors (Lipinski definition) is 0. The fourth-order valence-electron chi connectivity index (χ4n) is 1.47. The summed E-state index contributed by atoms with van der Waals surface area (Å²) in [5, 5.41) is 0. The Labute approximate surface area is 99.9 Å². The van der Waals surface area contributed by atoms with E-state index in [-0.39, 0.29) is 0 Å². The molecule has 0 saturated carbocycles. The molecule has 0 amide bonds. The second-order valence-corrected chi connectivity index (χ2v) is 3.92. The molecule has 0 aliphatic heterocycles. The van der Waals surface area contributed by atoms with Gasteiger partial charge in [0.1, 0.15) is 6.29 Å². The topological polar surface area (TPSA) is 17.1 Å². The van der Waals surface area contributed by atoms with Crippen molar-refractivity contribution in [1.82, 2.24) is 0 Å². The lowest BCUT2D eigenvalue weighted by Crippen LogP contribution is -1.77. The van der Waals surface area contributed by atoms with E-state index in [1.807, 2.05) is 31.2 Å². The summed E-state index contributed by atoms with van der Waals surface area (Å²) in [6.07, 6.45) is 18.2. The Kier molecular flexibility index (Phi) is 11.1. The molecule has 0 rings (SSSR count). The molecule has 0 unspecified atom stereocenters. The van der Waals surface area contributed by atoms with Gasteiger partial charge in [-0.3, -0.25) is 4.79 Å². The number of rotatable bonds is 9. The van der Waals surface area contributed by atoms with Crippen LogP contribution >= 0.6 is 0 Å². The normalized spacial score (nSPS) is 12.8. The summed E-state index contributed by atoms with van der Waals surface area (Å²) in [5.41, 5.74) is 0.727. The van der Waals surface area contributed by atoms with Crippen LogP contribution in [0.5, 0.6) is 0 Å². The zero-order chi connectivity index (χ0) is 12.1. The maximum Gasteiger partial charge on any atom is 0.150 e. The first-order valence-corrected chi connectivity index (χ1v) is 6.29. The van der Waals surface area contributed by atoms with E-state index in [0.717, 1.165) is 18.3 Å². The van der Waals surface area contributed by atoms with Gasteiger partial charge < -0.3 is 0 Å². The largest absolute Gasteiger partial charge is 0.298 e. The van der Waals surface area contributed by atoms with Crippen molar-refractivity contribution in [3.8, 4) is 0 Å². The van der Waals surface area contributed by atoms with Crippen LogP contribution in [0.2, 0.25) is 0 Å². The van der Waals surface area contributed by atoms with Gasteiger partial charge in [-0.05, 0) is 19.8 Å². The van der Waals surface area contributed by atoms with Crippen molar-refractivity contribution in [1.29, 1.82) is 0 Å². The van der Waals surface area contributed by atoms with Crippen molar-refractivity contribution < 1.29 is 4.79 Å². The van der Waals surface area contributed by atoms with Crippen LogP contribution in [-0.4, -0.2) is 6.29 Å². The molecule has 0 fully saturated rings. The monoisotopic (exact) mass is 220 g/mol. The molecule has 0 aromatic heterocycles. The predicted octanol–water partition coefficient (Wildman–Crippen LogP) is 4.60. The van der Waals surface area contributed by atoms with Crippen molar-refractivity contribution in [2.24, 2.45) is 0 Å². The van der Waals surface area contributed by atoms with Crippen LogP contribution in [0.4, 0.5) is 0 Å². The summed E-state index contributed by atoms with van der Waals surface area (Å²) in [7, 11) is 0. The first-order valence-electron chi connectivity index (χ1n) is 6.29. The lowest BCUT2D eigenvalue weighted by Gasteiger charge is -1.95. The van der Waals surface area contributed by atoms with Crippen molar-refractivity contribution in [2.45, 2.75) is 52.4 Å². The van der Waals surface area contributed by atoms with E-state index in [9.17, 15) is 4.79 Å². The highest BCUT2D eigenvalue weighted by Gasteiger charge is 1.86. The molecule has 0 N–H and O–H groups in total. The van der Waals surface area contributed by atoms with Gasteiger partial charge in [-0.25, -0.2) is 0 Å². The molecule has 0 aromatic carbocycles. The van der Waals surface area contributed by atoms with Gasteiger partial charge in [-0.15, -0.1) is 0 Å². The minimum atomic E-state index is 0.727. The molecule has 16 heavy (non-hydrogen) atoms. The number of aldehydes is 1. The second kappa shape index (κ2) is 12.0. The van der Waals surface area contributed by atoms with Crippen LogP contribution in [0, 0.1) is 0 Å². The van der Waals surface area contributed by atoms with E-state index in [1.54, 1.807) is 0 Å². The van der Waals surface area contributed by atoms with Gasteiger partial charge in [0.15, 0.2) is 0 Å². The highest BCUT2D eigenvalue weighted by molar-refractivity contribution is 5.77. The zero-order valence-electron chi connectivity index (χ0n) is 10.6. The molecule has 1 heteroatoms. The molecular weight excluding hydrogens is 196 g/mol. The average molecular weight is 220 g/mol. The van der Waals surface area contributed by atoms with Gasteiger partial charge in [0.2, 0.25) is 0 Å². The first-order chi connectivity index (χ1) is 7.85. The van der Waals surface area contributed by atoms with E-state index in [0.29, 0.717) is 0 Å². The standard InChI is InChI=1S/C15H24O/c1-3-5-6-7-8-9-10-11-13-15(14-16)12-4-2/h4,10-14H,3,5-9H2,1-2H3. The summed E-state index contributed by atoms with van der Waals surface area (Å²) < 4.78 is 0. The van der Waals surface area contributed by atoms with Gasteiger partial charge in [0.25, 0.3) is 0 Å². The van der Waals surface area contributed by atoms with Gasteiger partial charge in [-0.2, -0.15) is 0 Å². The molecule has 0 saturated heterocycles. The average Bonchev–Trinajstić information content (AvgIpc) is 2.31. The minimum absolute atomic E-state index is 0.727. The quantitative estimate of drug-likeness (QED) is 0.240. The number of carbonyl (C=O) groups is 1. The highest BCUT2D eigenvalue weighted by Crippen LogP contribution is 2.05. The van der Waals surface area contributed by atoms with Crippen molar-refractivity contribution >= 4 is 6.29 Å². The highest BCUT2D eigenvalue weighted by atomic mass is 16.1. The van der Waals surface area contributed by atoms with Gasteiger partial charge in [-0.1, -0.05) is 63.0 Å². The number of unbranched alkanes of at least 4 members (excludes halogenated alkanes) is 5. The number of carbonyl (C=O) groups excluding carboxylic acids is 1. The Morgan fingerprint density at radius 2 is 1.88 bits per heavy atom. The molecule has 0 aliphatic rings. The Bertz CT molecular complexity index is 246. The molecule has 0 aliphatic carbocycles. The van der Waals surface area contributed by atoms with E-state index in [2.05, 4.69) is 13.0 Å². The Hall–Kier alpha value is -1.11. The summed E-state index contributed by atoms with van der Waals surface area (Å²) >= 11 is 0.